The summed E-state index contributed by atoms with van der Waals surface area (Å²) in [6.07, 6.45) is 3.10. The van der Waals surface area contributed by atoms with Crippen LogP contribution in [-0.2, 0) is 18.4 Å². The molecule has 1 aliphatic carbocycles. The third kappa shape index (κ3) is 2.30. The Morgan fingerprint density at radius 1 is 1.33 bits per heavy atom. The van der Waals surface area contributed by atoms with Crippen LogP contribution in [0.5, 0.6) is 5.88 Å². The van der Waals surface area contributed by atoms with E-state index in [0.717, 1.165) is 23.1 Å². The fraction of sp³-hybridized carbons (Fsp3) is 0.353. The van der Waals surface area contributed by atoms with E-state index < -0.39 is 5.54 Å². The number of aliphatic hydroxyl groups excluding tert-OH is 1. The van der Waals surface area contributed by atoms with Crippen LogP contribution in [0.15, 0.2) is 42.6 Å². The molecule has 3 rings (SSSR count). The number of hydrogen-bond acceptors (Lipinski definition) is 4. The summed E-state index contributed by atoms with van der Waals surface area (Å²) < 4.78 is 5.38. The summed E-state index contributed by atoms with van der Waals surface area (Å²) in [6.45, 7) is 0.0650. The molecule has 4 nitrogen and oxygen atoms in total. The van der Waals surface area contributed by atoms with Crippen LogP contribution in [0.4, 0.5) is 0 Å². The summed E-state index contributed by atoms with van der Waals surface area (Å²) in [5, 5.41) is 9.81. The number of aromatic nitrogens is 1. The first-order valence-corrected chi connectivity index (χ1v) is 7.15. The Kier molecular flexibility index (Phi) is 3.66. The molecule has 0 fully saturated rings. The summed E-state index contributed by atoms with van der Waals surface area (Å²) >= 11 is 0. The summed E-state index contributed by atoms with van der Waals surface area (Å²) in [6, 6.07) is 12.0. The lowest BCUT2D eigenvalue weighted by Crippen LogP contribution is -2.51. The van der Waals surface area contributed by atoms with Gasteiger partial charge in [-0.1, -0.05) is 30.3 Å². The molecular formula is C17H20N2O2. The number of pyridine rings is 1. The zero-order valence-corrected chi connectivity index (χ0v) is 12.1. The first-order chi connectivity index (χ1) is 10.2. The first-order valence-electron chi connectivity index (χ1n) is 7.15. The molecule has 0 radical (unpaired) electrons. The van der Waals surface area contributed by atoms with Crippen molar-refractivity contribution in [2.75, 3.05) is 13.7 Å². The molecule has 0 unspecified atom stereocenters. The van der Waals surface area contributed by atoms with E-state index in [1.54, 1.807) is 13.3 Å². The van der Waals surface area contributed by atoms with Crippen LogP contribution in [0, 0.1) is 5.92 Å². The Hall–Kier alpha value is -1.91. The quantitative estimate of drug-likeness (QED) is 0.899. The van der Waals surface area contributed by atoms with Crippen molar-refractivity contribution >= 4 is 0 Å². The van der Waals surface area contributed by atoms with E-state index in [-0.39, 0.29) is 12.5 Å². The van der Waals surface area contributed by atoms with Gasteiger partial charge in [-0.25, -0.2) is 4.98 Å². The van der Waals surface area contributed by atoms with Gasteiger partial charge in [-0.05, 0) is 23.6 Å². The van der Waals surface area contributed by atoms with Gasteiger partial charge in [-0.15, -0.1) is 0 Å². The van der Waals surface area contributed by atoms with Gasteiger partial charge in [0.2, 0.25) is 5.88 Å². The van der Waals surface area contributed by atoms with E-state index in [2.05, 4.69) is 4.98 Å². The third-order valence-electron chi connectivity index (χ3n) is 4.50. The highest BCUT2D eigenvalue weighted by atomic mass is 16.5. The first kappa shape index (κ1) is 14.0. The van der Waals surface area contributed by atoms with Crippen LogP contribution in [0.2, 0.25) is 0 Å². The van der Waals surface area contributed by atoms with Gasteiger partial charge in [-0.3, -0.25) is 0 Å². The number of hydrogen-bond donors (Lipinski definition) is 2. The molecule has 0 bridgehead atoms. The number of nitrogens with two attached hydrogens (primary N) is 1. The van der Waals surface area contributed by atoms with E-state index in [4.69, 9.17) is 10.5 Å². The predicted molar refractivity (Wildman–Crippen MR) is 81.1 cm³/mol. The minimum Gasteiger partial charge on any atom is -0.481 e. The van der Waals surface area contributed by atoms with Crippen molar-refractivity contribution in [2.24, 2.45) is 11.7 Å². The van der Waals surface area contributed by atoms with Crippen LogP contribution < -0.4 is 10.5 Å². The second-order valence-electron chi connectivity index (χ2n) is 5.62. The second kappa shape index (κ2) is 5.47. The van der Waals surface area contributed by atoms with Crippen LogP contribution >= 0.6 is 0 Å². The van der Waals surface area contributed by atoms with Crippen LogP contribution in [0.1, 0.15) is 16.7 Å². The highest BCUT2D eigenvalue weighted by molar-refractivity contribution is 5.42. The zero-order valence-electron chi connectivity index (χ0n) is 12.1. The molecule has 0 spiro atoms. The van der Waals surface area contributed by atoms with Crippen LogP contribution in [-0.4, -0.2) is 23.8 Å². The average molecular weight is 284 g/mol. The van der Waals surface area contributed by atoms with Crippen molar-refractivity contribution in [1.29, 1.82) is 0 Å². The predicted octanol–water partition coefficient (Wildman–Crippen LogP) is 1.65. The Bertz CT molecular complexity index is 630. The largest absolute Gasteiger partial charge is 0.481 e. The number of ether oxygens (including phenoxy) is 1. The molecule has 4 heteroatoms. The average Bonchev–Trinajstić information content (AvgIpc) is 2.54. The van der Waals surface area contributed by atoms with Crippen molar-refractivity contribution in [3.05, 3.63) is 59.3 Å². The van der Waals surface area contributed by atoms with E-state index >= 15 is 0 Å². The summed E-state index contributed by atoms with van der Waals surface area (Å²) in [7, 11) is 1.63. The highest BCUT2D eigenvalue weighted by Gasteiger charge is 2.41. The van der Waals surface area contributed by atoms with Crippen molar-refractivity contribution < 1.29 is 9.84 Å². The second-order valence-corrected chi connectivity index (χ2v) is 5.62. The van der Waals surface area contributed by atoms with Gasteiger partial charge in [0.1, 0.15) is 0 Å². The molecule has 1 heterocycles. The monoisotopic (exact) mass is 284 g/mol. The molecule has 110 valence electrons. The maximum absolute atomic E-state index is 9.81. The number of fused-ring (bicyclic) bond motifs is 1. The van der Waals surface area contributed by atoms with Gasteiger partial charge in [0.15, 0.2) is 0 Å². The lowest BCUT2D eigenvalue weighted by atomic mass is 9.68. The van der Waals surface area contributed by atoms with E-state index in [1.165, 1.54) is 0 Å². The standard InChI is InChI=1S/C17H20N2O2/c1-21-16-15-10-17(18,13-5-3-2-4-6-13)14(11-20)9-12(15)7-8-19-16/h2-8,14,20H,9-11,18H2,1H3/t14-,17+/m0/s1. The van der Waals surface area contributed by atoms with Gasteiger partial charge in [0.05, 0.1) is 12.6 Å². The van der Waals surface area contributed by atoms with E-state index in [0.29, 0.717) is 12.3 Å². The molecule has 1 aliphatic rings. The van der Waals surface area contributed by atoms with Gasteiger partial charge in [0.25, 0.3) is 0 Å². The Morgan fingerprint density at radius 2 is 2.10 bits per heavy atom. The Labute approximate surface area is 124 Å². The lowest BCUT2D eigenvalue weighted by Gasteiger charge is -2.42. The molecule has 1 aromatic heterocycles. The highest BCUT2D eigenvalue weighted by Crippen LogP contribution is 2.41. The van der Waals surface area contributed by atoms with Gasteiger partial charge in [0, 0.05) is 30.7 Å². The topological polar surface area (TPSA) is 68.4 Å². The molecular weight excluding hydrogens is 264 g/mol. The number of aliphatic hydroxyl groups is 1. The zero-order chi connectivity index (χ0) is 14.9. The number of methoxy groups -OCH3 is 1. The van der Waals surface area contributed by atoms with E-state index in [1.807, 2.05) is 36.4 Å². The molecule has 1 aromatic carbocycles. The molecule has 21 heavy (non-hydrogen) atoms. The fourth-order valence-corrected chi connectivity index (χ4v) is 3.27. The van der Waals surface area contributed by atoms with Crippen molar-refractivity contribution in [2.45, 2.75) is 18.4 Å². The maximum Gasteiger partial charge on any atom is 0.216 e. The van der Waals surface area contributed by atoms with Gasteiger partial charge < -0.3 is 15.6 Å². The molecule has 2 aromatic rings. The van der Waals surface area contributed by atoms with Crippen LogP contribution in [0.3, 0.4) is 0 Å². The van der Waals surface area contributed by atoms with Crippen molar-refractivity contribution in [3.63, 3.8) is 0 Å². The van der Waals surface area contributed by atoms with Crippen LogP contribution in [0.25, 0.3) is 0 Å². The van der Waals surface area contributed by atoms with Crippen molar-refractivity contribution in [1.82, 2.24) is 4.98 Å². The summed E-state index contributed by atoms with van der Waals surface area (Å²) in [5.74, 6) is 0.620. The maximum atomic E-state index is 9.81. The molecule has 3 N–H and O–H groups in total. The number of nitrogens with zero attached hydrogens (tertiary/aromatic N) is 1. The molecule has 0 aliphatic heterocycles. The van der Waals surface area contributed by atoms with E-state index in [9.17, 15) is 5.11 Å². The summed E-state index contributed by atoms with van der Waals surface area (Å²) in [4.78, 5) is 4.28. The SMILES string of the molecule is COc1nccc2c1C[C@@](N)(c1ccccc1)[C@H](CO)C2. The minimum atomic E-state index is -0.598. The Morgan fingerprint density at radius 3 is 2.76 bits per heavy atom. The third-order valence-corrected chi connectivity index (χ3v) is 4.50. The molecule has 2 atom stereocenters. The summed E-state index contributed by atoms with van der Waals surface area (Å²) in [5.41, 5.74) is 9.39. The lowest BCUT2D eigenvalue weighted by molar-refractivity contribution is 0.139. The molecule has 0 saturated carbocycles. The fourth-order valence-electron chi connectivity index (χ4n) is 3.27. The minimum absolute atomic E-state index is 0.0143. The van der Waals surface area contributed by atoms with Crippen molar-refractivity contribution in [3.8, 4) is 5.88 Å². The Balaban J connectivity index is 2.10. The van der Waals surface area contributed by atoms with Gasteiger partial charge in [-0.2, -0.15) is 0 Å². The smallest absolute Gasteiger partial charge is 0.216 e. The molecule has 0 saturated heterocycles. The number of rotatable bonds is 3. The molecule has 0 amide bonds. The van der Waals surface area contributed by atoms with Gasteiger partial charge >= 0.3 is 0 Å². The number of benzene rings is 1. The normalized spacial score (nSPS) is 24.4.